The van der Waals surface area contributed by atoms with Crippen molar-refractivity contribution in [1.29, 1.82) is 0 Å². The molecule has 0 aromatic heterocycles. The summed E-state index contributed by atoms with van der Waals surface area (Å²) in [6.45, 7) is 5.34. The van der Waals surface area contributed by atoms with Crippen LogP contribution in [-0.2, 0) is 9.53 Å². The van der Waals surface area contributed by atoms with Crippen molar-refractivity contribution in [2.75, 3.05) is 20.3 Å². The van der Waals surface area contributed by atoms with Crippen molar-refractivity contribution in [3.8, 4) is 0 Å². The summed E-state index contributed by atoms with van der Waals surface area (Å²) in [4.78, 5) is 11.5. The van der Waals surface area contributed by atoms with Crippen LogP contribution in [0.3, 0.4) is 0 Å². The normalized spacial score (nSPS) is 14.5. The first kappa shape index (κ1) is 15.4. The molecule has 0 saturated carbocycles. The molecule has 1 amide bonds. The molecule has 4 nitrogen and oxygen atoms in total. The van der Waals surface area contributed by atoms with Crippen LogP contribution < -0.4 is 11.1 Å². The van der Waals surface area contributed by atoms with E-state index in [0.29, 0.717) is 5.92 Å². The highest BCUT2D eigenvalue weighted by atomic mass is 16.5. The second-order valence-electron chi connectivity index (χ2n) is 4.22. The molecule has 0 rings (SSSR count). The zero-order valence-electron chi connectivity index (χ0n) is 10.8. The number of carbonyl (C=O) groups excluding carboxylic acids is 1. The van der Waals surface area contributed by atoms with Crippen molar-refractivity contribution in [2.24, 2.45) is 11.7 Å². The van der Waals surface area contributed by atoms with Gasteiger partial charge >= 0.3 is 0 Å². The molecule has 0 aliphatic rings. The fourth-order valence-electron chi connectivity index (χ4n) is 1.57. The maximum absolute atomic E-state index is 11.5. The fraction of sp³-hybridized carbons (Fsp3) is 0.917. The predicted molar refractivity (Wildman–Crippen MR) is 66.2 cm³/mol. The number of amides is 1. The minimum Gasteiger partial charge on any atom is -0.383 e. The Morgan fingerprint density at radius 2 is 2.12 bits per heavy atom. The monoisotopic (exact) mass is 230 g/mol. The Kier molecular flexibility index (Phi) is 9.24. The molecule has 4 heteroatoms. The maximum atomic E-state index is 11.5. The van der Waals surface area contributed by atoms with E-state index in [1.54, 1.807) is 7.11 Å². The highest BCUT2D eigenvalue weighted by molar-refractivity contribution is 5.81. The molecule has 0 heterocycles. The van der Waals surface area contributed by atoms with Gasteiger partial charge in [0, 0.05) is 13.7 Å². The van der Waals surface area contributed by atoms with Gasteiger partial charge in [0.2, 0.25) is 5.91 Å². The minimum absolute atomic E-state index is 0.114. The van der Waals surface area contributed by atoms with Crippen LogP contribution in [0.4, 0.5) is 0 Å². The lowest BCUT2D eigenvalue weighted by Gasteiger charge is -2.17. The minimum atomic E-state index is -0.548. The Balaban J connectivity index is 3.78. The molecule has 2 unspecified atom stereocenters. The van der Waals surface area contributed by atoms with Gasteiger partial charge in [-0.1, -0.05) is 33.1 Å². The van der Waals surface area contributed by atoms with Crippen molar-refractivity contribution >= 4 is 5.91 Å². The number of hydrogen-bond donors (Lipinski definition) is 2. The highest BCUT2D eigenvalue weighted by Crippen LogP contribution is 2.11. The summed E-state index contributed by atoms with van der Waals surface area (Å²) in [5.74, 6) is 0.454. The van der Waals surface area contributed by atoms with Crippen LogP contribution in [0.1, 0.15) is 39.5 Å². The molecular weight excluding hydrogens is 204 g/mol. The molecule has 3 N–H and O–H groups in total. The van der Waals surface area contributed by atoms with Crippen molar-refractivity contribution in [3.63, 3.8) is 0 Å². The third-order valence-electron chi connectivity index (χ3n) is 2.79. The van der Waals surface area contributed by atoms with Crippen LogP contribution in [0, 0.1) is 5.92 Å². The average molecular weight is 230 g/mol. The zero-order chi connectivity index (χ0) is 12.4. The largest absolute Gasteiger partial charge is 0.383 e. The van der Waals surface area contributed by atoms with Crippen LogP contribution in [-0.4, -0.2) is 32.2 Å². The number of methoxy groups -OCH3 is 1. The SMILES string of the molecule is CCCCC(CC)CNC(=O)C(N)COC. The van der Waals surface area contributed by atoms with Crippen molar-refractivity contribution in [3.05, 3.63) is 0 Å². The number of nitrogens with one attached hydrogen (secondary N) is 1. The summed E-state index contributed by atoms with van der Waals surface area (Å²) >= 11 is 0. The van der Waals surface area contributed by atoms with Gasteiger partial charge in [-0.3, -0.25) is 4.79 Å². The molecule has 0 saturated heterocycles. The summed E-state index contributed by atoms with van der Waals surface area (Å²) in [7, 11) is 1.54. The van der Waals surface area contributed by atoms with Crippen LogP contribution >= 0.6 is 0 Å². The predicted octanol–water partition coefficient (Wildman–Crippen LogP) is 1.29. The summed E-state index contributed by atoms with van der Waals surface area (Å²) in [5.41, 5.74) is 5.62. The summed E-state index contributed by atoms with van der Waals surface area (Å²) in [5, 5.41) is 2.88. The first-order chi connectivity index (χ1) is 7.65. The van der Waals surface area contributed by atoms with E-state index in [0.717, 1.165) is 13.0 Å². The molecule has 0 aliphatic carbocycles. The van der Waals surface area contributed by atoms with Gasteiger partial charge < -0.3 is 15.8 Å². The van der Waals surface area contributed by atoms with Gasteiger partial charge in [-0.15, -0.1) is 0 Å². The number of rotatable bonds is 9. The van der Waals surface area contributed by atoms with E-state index >= 15 is 0 Å². The standard InChI is InChI=1S/C12H26N2O2/c1-4-6-7-10(5-2)8-14-12(15)11(13)9-16-3/h10-11H,4-9,13H2,1-3H3,(H,14,15). The second-order valence-corrected chi connectivity index (χ2v) is 4.22. The Morgan fingerprint density at radius 3 is 2.62 bits per heavy atom. The van der Waals surface area contributed by atoms with E-state index in [4.69, 9.17) is 10.5 Å². The molecule has 0 fully saturated rings. The lowest BCUT2D eigenvalue weighted by atomic mass is 9.99. The van der Waals surface area contributed by atoms with Crippen molar-refractivity contribution in [2.45, 2.75) is 45.6 Å². The summed E-state index contributed by atoms with van der Waals surface area (Å²) in [6, 6.07) is -0.548. The second kappa shape index (κ2) is 9.60. The number of ether oxygens (including phenoxy) is 1. The van der Waals surface area contributed by atoms with Crippen molar-refractivity contribution in [1.82, 2.24) is 5.32 Å². The molecule has 0 bridgehead atoms. The Morgan fingerprint density at radius 1 is 1.44 bits per heavy atom. The number of nitrogens with two attached hydrogens (primary N) is 1. The molecule has 16 heavy (non-hydrogen) atoms. The molecule has 0 aliphatic heterocycles. The van der Waals surface area contributed by atoms with Gasteiger partial charge in [-0.05, 0) is 12.3 Å². The molecule has 0 aromatic rings. The van der Waals surface area contributed by atoms with Crippen LogP contribution in [0.25, 0.3) is 0 Å². The van der Waals surface area contributed by atoms with Gasteiger partial charge in [0.05, 0.1) is 6.61 Å². The van der Waals surface area contributed by atoms with Gasteiger partial charge in [-0.25, -0.2) is 0 Å². The van der Waals surface area contributed by atoms with E-state index in [1.165, 1.54) is 19.3 Å². The Labute approximate surface area is 98.9 Å². The van der Waals surface area contributed by atoms with E-state index in [-0.39, 0.29) is 12.5 Å². The van der Waals surface area contributed by atoms with Crippen LogP contribution in [0.5, 0.6) is 0 Å². The number of hydrogen-bond acceptors (Lipinski definition) is 3. The number of unbranched alkanes of at least 4 members (excludes halogenated alkanes) is 1. The van der Waals surface area contributed by atoms with Gasteiger partial charge in [0.15, 0.2) is 0 Å². The zero-order valence-corrected chi connectivity index (χ0v) is 10.8. The maximum Gasteiger partial charge on any atom is 0.239 e. The fourth-order valence-corrected chi connectivity index (χ4v) is 1.57. The molecule has 0 spiro atoms. The highest BCUT2D eigenvalue weighted by Gasteiger charge is 2.14. The van der Waals surface area contributed by atoms with Gasteiger partial charge in [0.1, 0.15) is 6.04 Å². The van der Waals surface area contributed by atoms with Gasteiger partial charge in [0.25, 0.3) is 0 Å². The third kappa shape index (κ3) is 6.80. The van der Waals surface area contributed by atoms with Crippen LogP contribution in [0.2, 0.25) is 0 Å². The molecule has 0 radical (unpaired) electrons. The molecular formula is C12H26N2O2. The first-order valence-electron chi connectivity index (χ1n) is 6.17. The first-order valence-corrected chi connectivity index (χ1v) is 6.17. The van der Waals surface area contributed by atoms with Crippen molar-refractivity contribution < 1.29 is 9.53 Å². The third-order valence-corrected chi connectivity index (χ3v) is 2.79. The number of carbonyl (C=O) groups is 1. The molecule has 0 aromatic carbocycles. The van der Waals surface area contributed by atoms with Gasteiger partial charge in [-0.2, -0.15) is 0 Å². The van der Waals surface area contributed by atoms with E-state index in [1.807, 2.05) is 0 Å². The summed E-state index contributed by atoms with van der Waals surface area (Å²) < 4.78 is 4.84. The smallest absolute Gasteiger partial charge is 0.239 e. The quantitative estimate of drug-likeness (QED) is 0.627. The average Bonchev–Trinajstić information content (AvgIpc) is 2.29. The lowest BCUT2D eigenvalue weighted by Crippen LogP contribution is -2.44. The Bertz CT molecular complexity index is 186. The van der Waals surface area contributed by atoms with E-state index < -0.39 is 6.04 Å². The summed E-state index contributed by atoms with van der Waals surface area (Å²) in [6.07, 6.45) is 4.69. The topological polar surface area (TPSA) is 64.4 Å². The van der Waals surface area contributed by atoms with Crippen LogP contribution in [0.15, 0.2) is 0 Å². The lowest BCUT2D eigenvalue weighted by molar-refractivity contribution is -0.123. The molecule has 2 atom stereocenters. The van der Waals surface area contributed by atoms with E-state index in [2.05, 4.69) is 19.2 Å². The molecule has 96 valence electrons. The van der Waals surface area contributed by atoms with E-state index in [9.17, 15) is 4.79 Å². The Hall–Kier alpha value is -0.610.